The van der Waals surface area contributed by atoms with Gasteiger partial charge in [0.2, 0.25) is 0 Å². The van der Waals surface area contributed by atoms with Crippen LogP contribution in [0.4, 0.5) is 10.5 Å². The maximum atomic E-state index is 12.1. The van der Waals surface area contributed by atoms with Crippen LogP contribution in [0.15, 0.2) is 36.4 Å². The number of anilines is 1. The maximum Gasteiger partial charge on any atom is 0.434 e. The van der Waals surface area contributed by atoms with Crippen LogP contribution in [0.3, 0.4) is 0 Å². The second kappa shape index (κ2) is 6.62. The highest BCUT2D eigenvalue weighted by Gasteiger charge is 2.34. The van der Waals surface area contributed by atoms with Crippen LogP contribution in [0, 0.1) is 0 Å². The molecule has 0 aliphatic heterocycles. The Morgan fingerprint density at radius 1 is 1.22 bits per heavy atom. The van der Waals surface area contributed by atoms with E-state index in [4.69, 9.17) is 4.74 Å². The summed E-state index contributed by atoms with van der Waals surface area (Å²) in [5, 5.41) is 11.0. The number of amides is 1. The minimum atomic E-state index is -0.707. The van der Waals surface area contributed by atoms with Crippen molar-refractivity contribution in [3.63, 3.8) is 0 Å². The van der Waals surface area contributed by atoms with Crippen LogP contribution in [-0.4, -0.2) is 42.1 Å². The molecule has 0 heterocycles. The minimum Gasteiger partial charge on any atom is -0.442 e. The molecule has 0 fully saturated rings. The van der Waals surface area contributed by atoms with Crippen molar-refractivity contribution in [1.82, 2.24) is 5.06 Å². The van der Waals surface area contributed by atoms with Crippen LogP contribution in [0.1, 0.15) is 38.7 Å². The number of hydrogen-bond acceptors (Lipinski definition) is 4. The average molecular weight is 318 g/mol. The van der Waals surface area contributed by atoms with Crippen LogP contribution in [-0.2, 0) is 4.74 Å². The lowest BCUT2D eigenvalue weighted by Gasteiger charge is -2.30. The third-order valence-electron chi connectivity index (χ3n) is 3.82. The van der Waals surface area contributed by atoms with Gasteiger partial charge < -0.3 is 9.64 Å². The Morgan fingerprint density at radius 2 is 1.83 bits per heavy atom. The molecule has 0 saturated carbocycles. The minimum absolute atomic E-state index is 0.0382. The zero-order valence-corrected chi connectivity index (χ0v) is 14.5. The summed E-state index contributed by atoms with van der Waals surface area (Å²) in [4.78, 5) is 14.1. The zero-order valence-electron chi connectivity index (χ0n) is 14.5. The van der Waals surface area contributed by atoms with Crippen molar-refractivity contribution in [1.29, 1.82) is 0 Å². The summed E-state index contributed by atoms with van der Waals surface area (Å²) in [6.45, 7) is 5.34. The average Bonchev–Trinajstić information content (AvgIpc) is 2.94. The van der Waals surface area contributed by atoms with Gasteiger partial charge in [0.25, 0.3) is 0 Å². The molecule has 1 aliphatic rings. The lowest BCUT2D eigenvalue weighted by Crippen LogP contribution is -2.42. The molecule has 1 aliphatic carbocycles. The molecule has 5 heteroatoms. The third-order valence-corrected chi connectivity index (χ3v) is 3.82. The molecule has 0 unspecified atom stereocenters. The van der Waals surface area contributed by atoms with E-state index in [2.05, 4.69) is 0 Å². The first kappa shape index (κ1) is 17.3. The molecule has 0 aromatic heterocycles. The number of carbonyl (C=O) groups is 1. The molecule has 0 radical (unpaired) electrons. The molecule has 126 valence electrons. The van der Waals surface area contributed by atoms with E-state index in [9.17, 15) is 10.0 Å². The van der Waals surface area contributed by atoms with Crippen molar-refractivity contribution >= 4 is 11.8 Å². The molecular weight excluding hydrogens is 292 g/mol. The van der Waals surface area contributed by atoms with Crippen LogP contribution in [0.5, 0.6) is 0 Å². The lowest BCUT2D eigenvalue weighted by molar-refractivity contribution is -0.120. The number of carbonyl (C=O) groups excluding carboxylic acids is 1. The van der Waals surface area contributed by atoms with Crippen molar-refractivity contribution < 1.29 is 14.7 Å². The number of hydrogen-bond donors (Lipinski definition) is 1. The standard InChI is InChI=1S/C18H26N2O3/c1-18(2,3)23-17(21)20(22)16-8-6-7-15(16)13-9-11-14(12-10-13)19(4)5/h6-7,9-12,15-16,22H,8H2,1-5H3/t15-,16+/m1/s1. The first-order valence-electron chi connectivity index (χ1n) is 7.84. The predicted octanol–water partition coefficient (Wildman–Crippen LogP) is 3.79. The summed E-state index contributed by atoms with van der Waals surface area (Å²) in [5.41, 5.74) is 1.55. The second-order valence-corrected chi connectivity index (χ2v) is 7.07. The number of benzene rings is 1. The van der Waals surface area contributed by atoms with Gasteiger partial charge in [0.15, 0.2) is 0 Å². The number of rotatable bonds is 3. The van der Waals surface area contributed by atoms with Crippen LogP contribution >= 0.6 is 0 Å². The van der Waals surface area contributed by atoms with Gasteiger partial charge in [-0.2, -0.15) is 5.06 Å². The number of ether oxygens (including phenoxy) is 1. The Morgan fingerprint density at radius 3 is 2.35 bits per heavy atom. The number of nitrogens with zero attached hydrogens (tertiary/aromatic N) is 2. The Kier molecular flexibility index (Phi) is 5.00. The molecule has 1 aromatic rings. The van der Waals surface area contributed by atoms with E-state index in [1.165, 1.54) is 0 Å². The smallest absolute Gasteiger partial charge is 0.434 e. The fourth-order valence-corrected chi connectivity index (χ4v) is 2.66. The molecule has 1 aromatic carbocycles. The quantitative estimate of drug-likeness (QED) is 0.523. The third kappa shape index (κ3) is 4.26. The molecule has 0 spiro atoms. The first-order valence-corrected chi connectivity index (χ1v) is 7.84. The lowest BCUT2D eigenvalue weighted by atomic mass is 9.94. The van der Waals surface area contributed by atoms with Gasteiger partial charge in [0.1, 0.15) is 5.60 Å². The fraction of sp³-hybridized carbons (Fsp3) is 0.500. The summed E-state index contributed by atoms with van der Waals surface area (Å²) in [6, 6.07) is 7.80. The molecule has 1 amide bonds. The van der Waals surface area contributed by atoms with Gasteiger partial charge in [-0.15, -0.1) is 0 Å². The normalized spacial score (nSPS) is 20.4. The monoisotopic (exact) mass is 318 g/mol. The van der Waals surface area contributed by atoms with E-state index in [0.29, 0.717) is 6.42 Å². The van der Waals surface area contributed by atoms with E-state index < -0.39 is 11.7 Å². The highest BCUT2D eigenvalue weighted by Crippen LogP contribution is 2.33. The SMILES string of the molecule is CN(C)c1ccc([C@H]2C=CC[C@@H]2N(O)C(=O)OC(C)(C)C)cc1. The highest BCUT2D eigenvalue weighted by atomic mass is 16.6. The van der Waals surface area contributed by atoms with Gasteiger partial charge in [-0.3, -0.25) is 5.21 Å². The molecular formula is C18H26N2O3. The molecule has 1 N–H and O–H groups in total. The molecule has 0 saturated heterocycles. The van der Waals surface area contributed by atoms with Crippen molar-refractivity contribution in [2.75, 3.05) is 19.0 Å². The number of hydroxylamine groups is 2. The molecule has 2 atom stereocenters. The van der Waals surface area contributed by atoms with Gasteiger partial charge in [-0.05, 0) is 44.9 Å². The topological polar surface area (TPSA) is 53.0 Å². The molecule has 23 heavy (non-hydrogen) atoms. The van der Waals surface area contributed by atoms with E-state index in [1.807, 2.05) is 55.4 Å². The predicted molar refractivity (Wildman–Crippen MR) is 90.9 cm³/mol. The highest BCUT2D eigenvalue weighted by molar-refractivity contribution is 5.67. The molecule has 0 bridgehead atoms. The molecule has 2 rings (SSSR count). The molecule has 5 nitrogen and oxygen atoms in total. The second-order valence-electron chi connectivity index (χ2n) is 7.07. The largest absolute Gasteiger partial charge is 0.442 e. The summed E-state index contributed by atoms with van der Waals surface area (Å²) in [6.07, 6.45) is 3.92. The van der Waals surface area contributed by atoms with E-state index >= 15 is 0 Å². The van der Waals surface area contributed by atoms with Crippen molar-refractivity contribution in [2.24, 2.45) is 0 Å². The van der Waals surface area contributed by atoms with Gasteiger partial charge in [0, 0.05) is 25.7 Å². The van der Waals surface area contributed by atoms with E-state index in [0.717, 1.165) is 16.3 Å². The van der Waals surface area contributed by atoms with Gasteiger partial charge in [0.05, 0.1) is 6.04 Å². The summed E-state index contributed by atoms with van der Waals surface area (Å²) >= 11 is 0. The van der Waals surface area contributed by atoms with E-state index in [-0.39, 0.29) is 12.0 Å². The van der Waals surface area contributed by atoms with Crippen LogP contribution < -0.4 is 4.90 Å². The van der Waals surface area contributed by atoms with Crippen molar-refractivity contribution in [2.45, 2.75) is 44.8 Å². The van der Waals surface area contributed by atoms with Crippen LogP contribution in [0.2, 0.25) is 0 Å². The Labute approximate surface area is 138 Å². The zero-order chi connectivity index (χ0) is 17.2. The van der Waals surface area contributed by atoms with Gasteiger partial charge >= 0.3 is 6.09 Å². The van der Waals surface area contributed by atoms with Crippen LogP contribution in [0.25, 0.3) is 0 Å². The Balaban J connectivity index is 2.13. The Hall–Kier alpha value is -2.01. The van der Waals surface area contributed by atoms with Gasteiger partial charge in [-0.1, -0.05) is 24.3 Å². The van der Waals surface area contributed by atoms with E-state index in [1.54, 1.807) is 20.8 Å². The van der Waals surface area contributed by atoms with Crippen molar-refractivity contribution in [3.8, 4) is 0 Å². The van der Waals surface area contributed by atoms with Crippen molar-refractivity contribution in [3.05, 3.63) is 42.0 Å². The summed E-state index contributed by atoms with van der Waals surface area (Å²) in [5.74, 6) is -0.0382. The summed E-state index contributed by atoms with van der Waals surface area (Å²) < 4.78 is 5.25. The fourth-order valence-electron chi connectivity index (χ4n) is 2.66. The first-order chi connectivity index (χ1) is 10.7. The Bertz CT molecular complexity index is 573. The summed E-state index contributed by atoms with van der Waals surface area (Å²) in [7, 11) is 3.98. The maximum absolute atomic E-state index is 12.1. The van der Waals surface area contributed by atoms with Gasteiger partial charge in [-0.25, -0.2) is 4.79 Å².